The lowest BCUT2D eigenvalue weighted by Gasteiger charge is -2.28. The van der Waals surface area contributed by atoms with Crippen LogP contribution < -0.4 is 5.73 Å². The van der Waals surface area contributed by atoms with Gasteiger partial charge < -0.3 is 5.73 Å². The Bertz CT molecular complexity index is 339. The summed E-state index contributed by atoms with van der Waals surface area (Å²) in [5, 5.41) is 0. The molecule has 1 nitrogen and oxygen atoms in total. The fraction of sp³-hybridized carbons (Fsp3) is 0.333. The van der Waals surface area contributed by atoms with Crippen LogP contribution in [0.4, 0.5) is 0 Å². The van der Waals surface area contributed by atoms with Gasteiger partial charge in [-0.1, -0.05) is 35.9 Å². The third-order valence-electron chi connectivity index (χ3n) is 2.70. The molecule has 0 fully saturated rings. The summed E-state index contributed by atoms with van der Waals surface area (Å²) >= 11 is 0. The van der Waals surface area contributed by atoms with Gasteiger partial charge in [0, 0.05) is 12.5 Å². The molecule has 1 aliphatic carbocycles. The number of benzene rings is 1. The predicted octanol–water partition coefficient (Wildman–Crippen LogP) is 2.23. The molecule has 0 spiro atoms. The van der Waals surface area contributed by atoms with E-state index in [1.165, 1.54) is 23.1 Å². The van der Waals surface area contributed by atoms with Gasteiger partial charge in [0.2, 0.25) is 0 Å². The van der Waals surface area contributed by atoms with Crippen LogP contribution in [-0.2, 0) is 6.42 Å². The van der Waals surface area contributed by atoms with Crippen LogP contribution in [0.3, 0.4) is 0 Å². The van der Waals surface area contributed by atoms with E-state index >= 15 is 0 Å². The molecule has 1 aromatic carbocycles. The van der Waals surface area contributed by atoms with E-state index in [0.29, 0.717) is 12.5 Å². The molecule has 0 saturated heterocycles. The normalized spacial score (nSPS) is 20.8. The topological polar surface area (TPSA) is 26.0 Å². The molecule has 0 radical (unpaired) electrons. The summed E-state index contributed by atoms with van der Waals surface area (Å²) < 4.78 is 0. The number of hydrogen-bond donors (Lipinski definition) is 1. The third-order valence-corrected chi connectivity index (χ3v) is 2.70. The van der Waals surface area contributed by atoms with Crippen LogP contribution >= 0.6 is 0 Å². The zero-order valence-electron chi connectivity index (χ0n) is 7.96. The number of fused-ring (bicyclic) bond motifs is 1. The molecule has 13 heavy (non-hydrogen) atoms. The average Bonchev–Trinajstić information content (AvgIpc) is 2.14. The van der Waals surface area contributed by atoms with Gasteiger partial charge in [0.25, 0.3) is 0 Å². The first-order valence-electron chi connectivity index (χ1n) is 4.76. The molecule has 1 aromatic rings. The molecular formula is C12H15N. The smallest absolute Gasteiger partial charge is 0.0134 e. The number of hydrogen-bond acceptors (Lipinski definition) is 1. The van der Waals surface area contributed by atoms with Gasteiger partial charge in [-0.25, -0.2) is 0 Å². The quantitative estimate of drug-likeness (QED) is 0.682. The second-order valence-corrected chi connectivity index (χ2v) is 3.73. The molecule has 68 valence electrons. The second-order valence-electron chi connectivity index (χ2n) is 3.73. The molecule has 1 heteroatoms. The maximum atomic E-state index is 5.55. The second kappa shape index (κ2) is 3.35. The fourth-order valence-corrected chi connectivity index (χ4v) is 1.86. The summed E-state index contributed by atoms with van der Waals surface area (Å²) in [5.74, 6) is 0.625. The SMILES string of the molecule is C/C(=C/C1Cc2ccccc21)CN. The van der Waals surface area contributed by atoms with Crippen molar-refractivity contribution in [2.45, 2.75) is 19.3 Å². The van der Waals surface area contributed by atoms with Crippen molar-refractivity contribution in [2.75, 3.05) is 6.54 Å². The molecule has 0 bridgehead atoms. The lowest BCUT2D eigenvalue weighted by molar-refractivity contribution is 0.725. The van der Waals surface area contributed by atoms with Crippen LogP contribution in [0, 0.1) is 0 Å². The molecule has 1 aliphatic rings. The first-order valence-corrected chi connectivity index (χ1v) is 4.76. The van der Waals surface area contributed by atoms with E-state index in [0.717, 1.165) is 0 Å². The Morgan fingerprint density at radius 1 is 1.54 bits per heavy atom. The number of nitrogens with two attached hydrogens (primary N) is 1. The minimum absolute atomic E-state index is 0.625. The van der Waals surface area contributed by atoms with Crippen LogP contribution in [0.2, 0.25) is 0 Å². The highest BCUT2D eigenvalue weighted by Crippen LogP contribution is 2.36. The zero-order chi connectivity index (χ0) is 9.26. The monoisotopic (exact) mass is 173 g/mol. The summed E-state index contributed by atoms with van der Waals surface area (Å²) in [6.45, 7) is 2.78. The van der Waals surface area contributed by atoms with Crippen molar-refractivity contribution < 1.29 is 0 Å². The third kappa shape index (κ3) is 1.52. The van der Waals surface area contributed by atoms with Crippen LogP contribution in [0.1, 0.15) is 24.0 Å². The molecule has 2 N–H and O–H groups in total. The summed E-state index contributed by atoms with van der Waals surface area (Å²) in [5.41, 5.74) is 9.82. The van der Waals surface area contributed by atoms with Crippen molar-refractivity contribution in [3.63, 3.8) is 0 Å². The summed E-state index contributed by atoms with van der Waals surface area (Å²) in [7, 11) is 0. The molecular weight excluding hydrogens is 158 g/mol. The molecule has 0 heterocycles. The highest BCUT2D eigenvalue weighted by molar-refractivity contribution is 5.43. The summed E-state index contributed by atoms with van der Waals surface area (Å²) in [4.78, 5) is 0. The predicted molar refractivity (Wildman–Crippen MR) is 55.7 cm³/mol. The standard InChI is InChI=1S/C12H15N/c1-9(8-13)6-11-7-10-4-2-3-5-12(10)11/h2-6,11H,7-8,13H2,1H3/b9-6-. The Morgan fingerprint density at radius 3 is 3.00 bits per heavy atom. The van der Waals surface area contributed by atoms with Gasteiger partial charge >= 0.3 is 0 Å². The van der Waals surface area contributed by atoms with Gasteiger partial charge in [-0.2, -0.15) is 0 Å². The van der Waals surface area contributed by atoms with Crippen molar-refractivity contribution >= 4 is 0 Å². The highest BCUT2D eigenvalue weighted by Gasteiger charge is 2.22. The lowest BCUT2D eigenvalue weighted by atomic mass is 9.77. The van der Waals surface area contributed by atoms with Gasteiger partial charge in [-0.15, -0.1) is 0 Å². The first-order chi connectivity index (χ1) is 6.31. The molecule has 0 aliphatic heterocycles. The first kappa shape index (κ1) is 8.52. The minimum atomic E-state index is 0.625. The Hall–Kier alpha value is -1.08. The van der Waals surface area contributed by atoms with E-state index in [2.05, 4.69) is 37.3 Å². The largest absolute Gasteiger partial charge is 0.327 e. The Morgan fingerprint density at radius 2 is 2.31 bits per heavy atom. The van der Waals surface area contributed by atoms with Gasteiger partial charge in [0.1, 0.15) is 0 Å². The maximum absolute atomic E-state index is 5.55. The van der Waals surface area contributed by atoms with Crippen molar-refractivity contribution in [3.05, 3.63) is 47.0 Å². The van der Waals surface area contributed by atoms with Gasteiger partial charge in [0.05, 0.1) is 0 Å². The van der Waals surface area contributed by atoms with Crippen LogP contribution in [-0.4, -0.2) is 6.54 Å². The summed E-state index contributed by atoms with van der Waals surface area (Å²) in [6.07, 6.45) is 3.48. The number of allylic oxidation sites excluding steroid dienone is 1. The fourth-order valence-electron chi connectivity index (χ4n) is 1.86. The molecule has 0 aromatic heterocycles. The molecule has 2 rings (SSSR count). The van der Waals surface area contributed by atoms with Crippen molar-refractivity contribution in [2.24, 2.45) is 5.73 Å². The van der Waals surface area contributed by atoms with E-state index in [4.69, 9.17) is 5.73 Å². The Labute approximate surface area is 79.3 Å². The van der Waals surface area contributed by atoms with E-state index in [9.17, 15) is 0 Å². The summed E-state index contributed by atoms with van der Waals surface area (Å²) in [6, 6.07) is 8.63. The van der Waals surface area contributed by atoms with Crippen molar-refractivity contribution in [1.29, 1.82) is 0 Å². The van der Waals surface area contributed by atoms with Gasteiger partial charge in [-0.05, 0) is 24.5 Å². The van der Waals surface area contributed by atoms with E-state index in [1.54, 1.807) is 0 Å². The van der Waals surface area contributed by atoms with Crippen molar-refractivity contribution in [3.8, 4) is 0 Å². The van der Waals surface area contributed by atoms with E-state index < -0.39 is 0 Å². The van der Waals surface area contributed by atoms with E-state index in [1.807, 2.05) is 0 Å². The molecule has 1 unspecified atom stereocenters. The maximum Gasteiger partial charge on any atom is 0.0134 e. The van der Waals surface area contributed by atoms with Crippen LogP contribution in [0.5, 0.6) is 0 Å². The van der Waals surface area contributed by atoms with Crippen LogP contribution in [0.15, 0.2) is 35.9 Å². The molecule has 0 amide bonds. The van der Waals surface area contributed by atoms with Crippen LogP contribution in [0.25, 0.3) is 0 Å². The zero-order valence-corrected chi connectivity index (χ0v) is 7.96. The molecule has 1 atom stereocenters. The van der Waals surface area contributed by atoms with Gasteiger partial charge in [0.15, 0.2) is 0 Å². The van der Waals surface area contributed by atoms with Crippen molar-refractivity contribution in [1.82, 2.24) is 0 Å². The Balaban J connectivity index is 2.18. The Kier molecular flexibility index (Phi) is 2.19. The van der Waals surface area contributed by atoms with E-state index in [-0.39, 0.29) is 0 Å². The minimum Gasteiger partial charge on any atom is -0.327 e. The molecule has 0 saturated carbocycles. The number of rotatable bonds is 2. The average molecular weight is 173 g/mol. The van der Waals surface area contributed by atoms with Gasteiger partial charge in [-0.3, -0.25) is 0 Å². The highest BCUT2D eigenvalue weighted by atomic mass is 14.5. The lowest BCUT2D eigenvalue weighted by Crippen LogP contribution is -2.15.